The van der Waals surface area contributed by atoms with E-state index in [0.717, 1.165) is 0 Å². The first kappa shape index (κ1) is 15.7. The largest absolute Gasteiger partial charge is 2.00 e. The molecule has 0 aliphatic rings. The first-order valence-corrected chi connectivity index (χ1v) is 2.68. The van der Waals surface area contributed by atoms with Crippen LogP contribution in [0.3, 0.4) is 0 Å². The third-order valence-corrected chi connectivity index (χ3v) is 0. The molecule has 0 amide bonds. The first-order chi connectivity index (χ1) is 2.00. The molecule has 0 aromatic heterocycles. The summed E-state index contributed by atoms with van der Waals surface area (Å²) in [6.45, 7) is 0. The van der Waals surface area contributed by atoms with Crippen LogP contribution in [0.15, 0.2) is 0 Å². The molecule has 0 spiro atoms. The Morgan fingerprint density at radius 3 is 1.00 bits per heavy atom. The van der Waals surface area contributed by atoms with Crippen molar-refractivity contribution in [2.75, 3.05) is 0 Å². The molecule has 0 bridgehead atoms. The van der Waals surface area contributed by atoms with Gasteiger partial charge in [0.2, 0.25) is 0 Å². The van der Waals surface area contributed by atoms with E-state index >= 15 is 0 Å². The molecule has 0 radical (unpaired) electrons. The van der Waals surface area contributed by atoms with Crippen LogP contribution in [0, 0.1) is 0 Å². The van der Waals surface area contributed by atoms with Crippen LogP contribution in [0.4, 0.5) is 4.70 Å². The smallest absolute Gasteiger partial charge is 1.00 e. The Balaban J connectivity index is -0.0000000133. The average molecular weight is 142 g/mol. The van der Waals surface area contributed by atoms with Crippen LogP contribution in [0.5, 0.6) is 0 Å². The second-order valence-electron chi connectivity index (χ2n) is 0.600. The Morgan fingerprint density at radius 1 is 1.00 bits per heavy atom. The maximum absolute atomic E-state index is 7.33. The topological polar surface area (TPSA) is 80.9 Å². The van der Waals surface area contributed by atoms with E-state index in [9.17, 15) is 0 Å². The van der Waals surface area contributed by atoms with Crippen molar-refractivity contribution in [3.05, 3.63) is 0 Å². The summed E-state index contributed by atoms with van der Waals surface area (Å²) in [6, 6.07) is 0. The summed E-state index contributed by atoms with van der Waals surface area (Å²) in [5.74, 6) is 0. The molecule has 0 aliphatic carbocycles. The van der Waals surface area contributed by atoms with Gasteiger partial charge in [0.15, 0.2) is 0 Å². The van der Waals surface area contributed by atoms with Crippen molar-refractivity contribution in [3.8, 4) is 0 Å². The van der Waals surface area contributed by atoms with Crippen LogP contribution in [0.25, 0.3) is 0 Å². The van der Waals surface area contributed by atoms with E-state index < -0.39 is 9.05 Å². The zero-order valence-corrected chi connectivity index (χ0v) is 5.82. The summed E-state index contributed by atoms with van der Waals surface area (Å²) in [4.78, 5) is 29.3. The molecule has 0 aromatic carbocycles. The molecular weight excluding hydrogens is 135 g/mol. The molecule has 0 unspecified atom stereocenters. The molecule has 0 heterocycles. The molecule has 44 valence electrons. The van der Waals surface area contributed by atoms with Gasteiger partial charge in [-0.1, -0.05) is 0 Å². The Kier molecular flexibility index (Phi) is 11.0. The fourth-order valence-corrected chi connectivity index (χ4v) is 0. The van der Waals surface area contributed by atoms with Crippen LogP contribution < -0.4 is 0 Å². The monoisotopic (exact) mass is 142 g/mol. The summed E-state index contributed by atoms with van der Waals surface area (Å²) < 4.78 is 0. The summed E-state index contributed by atoms with van der Waals surface area (Å²) in [5, 5.41) is 0. The molecule has 4 nitrogen and oxygen atoms in total. The molecular formula is H7FMgO4Si. The number of rotatable bonds is 0. The Labute approximate surface area is 59.4 Å². The van der Waals surface area contributed by atoms with Gasteiger partial charge in [-0.3, -0.25) is 4.70 Å². The SMILES string of the molecule is F.O[Si](O)(O)O.[H-].[H-].[Mg+2]. The molecule has 7 heavy (non-hydrogen) atoms. The van der Waals surface area contributed by atoms with Gasteiger partial charge in [-0.25, -0.2) is 0 Å². The van der Waals surface area contributed by atoms with Gasteiger partial charge in [0.1, 0.15) is 0 Å². The maximum atomic E-state index is 7.33. The molecule has 0 rings (SSSR count). The molecule has 0 fully saturated rings. The van der Waals surface area contributed by atoms with Gasteiger partial charge in [-0.05, 0) is 0 Å². The zero-order valence-electron chi connectivity index (χ0n) is 5.40. The van der Waals surface area contributed by atoms with Gasteiger partial charge in [0, 0.05) is 0 Å². The molecule has 7 heteroatoms. The van der Waals surface area contributed by atoms with Crippen molar-refractivity contribution in [1.82, 2.24) is 0 Å². The van der Waals surface area contributed by atoms with Crippen molar-refractivity contribution >= 4 is 32.1 Å². The molecule has 0 aromatic rings. The third kappa shape index (κ3) is 269. The van der Waals surface area contributed by atoms with Crippen molar-refractivity contribution in [2.45, 2.75) is 0 Å². The molecule has 4 N–H and O–H groups in total. The van der Waals surface area contributed by atoms with E-state index in [-0.39, 0.29) is 30.6 Å². The molecule has 0 atom stereocenters. The zero-order chi connectivity index (χ0) is 4.50. The standard InChI is InChI=1S/FH.Mg.H4O4Si.2H/c;;1-5(2,3)4;;/h1H;;1-4H;;/q;+2;;2*-1. The van der Waals surface area contributed by atoms with E-state index in [1.807, 2.05) is 0 Å². The van der Waals surface area contributed by atoms with Gasteiger partial charge in [0.25, 0.3) is 0 Å². The summed E-state index contributed by atoms with van der Waals surface area (Å²) in [5.41, 5.74) is 0. The second-order valence-corrected chi connectivity index (χ2v) is 1.80. The molecule has 0 saturated heterocycles. The van der Waals surface area contributed by atoms with Gasteiger partial charge in [-0.15, -0.1) is 0 Å². The molecule has 0 aliphatic heterocycles. The minimum atomic E-state index is -4.61. The quantitative estimate of drug-likeness (QED) is 0.279. The Morgan fingerprint density at radius 2 is 1.00 bits per heavy atom. The van der Waals surface area contributed by atoms with Crippen molar-refractivity contribution in [1.29, 1.82) is 0 Å². The fourth-order valence-electron chi connectivity index (χ4n) is 0. The van der Waals surface area contributed by atoms with Crippen LogP contribution >= 0.6 is 0 Å². The van der Waals surface area contributed by atoms with Crippen LogP contribution in [-0.2, 0) is 0 Å². The van der Waals surface area contributed by atoms with Gasteiger partial charge in [0.05, 0.1) is 0 Å². The van der Waals surface area contributed by atoms with Gasteiger partial charge >= 0.3 is 32.1 Å². The molecule has 0 saturated carbocycles. The van der Waals surface area contributed by atoms with Crippen LogP contribution in [0.1, 0.15) is 2.85 Å². The Bertz CT molecular complexity index is 34.0. The summed E-state index contributed by atoms with van der Waals surface area (Å²) in [6.07, 6.45) is 0. The number of hydrogen-bond donors (Lipinski definition) is 4. The normalized spacial score (nSPS) is 8.57. The predicted octanol–water partition coefficient (Wildman–Crippen LogP) is -2.61. The first-order valence-electron chi connectivity index (χ1n) is 0.894. The van der Waals surface area contributed by atoms with Crippen molar-refractivity contribution < 1.29 is 26.7 Å². The minimum absolute atomic E-state index is 0. The average Bonchev–Trinajstić information content (AvgIpc) is 0.722. The summed E-state index contributed by atoms with van der Waals surface area (Å²) >= 11 is 0. The number of halogens is 1. The second kappa shape index (κ2) is 4.90. The van der Waals surface area contributed by atoms with E-state index in [2.05, 4.69) is 0 Å². The van der Waals surface area contributed by atoms with E-state index in [4.69, 9.17) is 19.2 Å². The maximum Gasteiger partial charge on any atom is 2.00 e. The van der Waals surface area contributed by atoms with Gasteiger partial charge < -0.3 is 22.0 Å². The van der Waals surface area contributed by atoms with E-state index in [1.54, 1.807) is 0 Å². The summed E-state index contributed by atoms with van der Waals surface area (Å²) in [7, 11) is -4.61. The van der Waals surface area contributed by atoms with Crippen molar-refractivity contribution in [2.24, 2.45) is 0 Å². The number of hydrogen-bond acceptors (Lipinski definition) is 4. The van der Waals surface area contributed by atoms with Crippen molar-refractivity contribution in [3.63, 3.8) is 0 Å². The van der Waals surface area contributed by atoms with E-state index in [1.165, 1.54) is 0 Å². The predicted molar refractivity (Wildman–Crippen MR) is 25.1 cm³/mol. The van der Waals surface area contributed by atoms with E-state index in [0.29, 0.717) is 0 Å². The van der Waals surface area contributed by atoms with Crippen LogP contribution in [0.2, 0.25) is 0 Å². The minimum Gasteiger partial charge on any atom is -1.00 e. The van der Waals surface area contributed by atoms with Gasteiger partial charge in [-0.2, -0.15) is 0 Å². The third-order valence-electron chi connectivity index (χ3n) is 0. The fraction of sp³-hybridized carbons (Fsp3) is 0. The van der Waals surface area contributed by atoms with Crippen LogP contribution in [-0.4, -0.2) is 51.3 Å². The Hall–Kier alpha value is 0.753.